The van der Waals surface area contributed by atoms with Crippen molar-refractivity contribution < 1.29 is 9.53 Å². The van der Waals surface area contributed by atoms with Crippen molar-refractivity contribution in [3.05, 3.63) is 95.3 Å². The van der Waals surface area contributed by atoms with Crippen molar-refractivity contribution in [2.75, 3.05) is 13.2 Å². The van der Waals surface area contributed by atoms with Crippen molar-refractivity contribution >= 4 is 16.9 Å². The smallest absolute Gasteiger partial charge is 0.224 e. The third-order valence-electron chi connectivity index (χ3n) is 5.89. The van der Waals surface area contributed by atoms with Gasteiger partial charge in [-0.25, -0.2) is 4.98 Å². The highest BCUT2D eigenvalue weighted by molar-refractivity contribution is 5.78. The maximum Gasteiger partial charge on any atom is 0.224 e. The third kappa shape index (κ3) is 6.01. The summed E-state index contributed by atoms with van der Waals surface area (Å²) in [5.41, 5.74) is 5.64. The summed E-state index contributed by atoms with van der Waals surface area (Å²) in [5.74, 6) is 1.93. The molecule has 1 aromatic heterocycles. The fourth-order valence-electron chi connectivity index (χ4n) is 3.94. The predicted octanol–water partition coefficient (Wildman–Crippen LogP) is 5.02. The molecule has 1 heterocycles. The lowest BCUT2D eigenvalue weighted by Gasteiger charge is -2.12. The second-order valence-electron chi connectivity index (χ2n) is 8.38. The van der Waals surface area contributed by atoms with E-state index in [2.05, 4.69) is 41.9 Å². The number of nitrogens with one attached hydrogen (secondary N) is 1. The van der Waals surface area contributed by atoms with E-state index in [0.29, 0.717) is 26.0 Å². The van der Waals surface area contributed by atoms with Crippen molar-refractivity contribution in [3.8, 4) is 5.75 Å². The first-order valence-corrected chi connectivity index (χ1v) is 11.5. The first kappa shape index (κ1) is 22.6. The molecular formula is C28H31N3O2. The Hall–Kier alpha value is -3.60. The number of amides is 1. The lowest BCUT2D eigenvalue weighted by atomic mass is 10.1. The number of aryl methyl sites for hydroxylation is 3. The van der Waals surface area contributed by atoms with Gasteiger partial charge >= 0.3 is 0 Å². The van der Waals surface area contributed by atoms with Gasteiger partial charge in [-0.3, -0.25) is 4.79 Å². The topological polar surface area (TPSA) is 56.1 Å². The van der Waals surface area contributed by atoms with E-state index in [0.717, 1.165) is 41.1 Å². The number of ether oxygens (including phenoxy) is 1. The van der Waals surface area contributed by atoms with Crippen LogP contribution in [0, 0.1) is 13.8 Å². The number of aromatic nitrogens is 2. The second kappa shape index (κ2) is 10.8. The molecule has 0 saturated heterocycles. The number of para-hydroxylation sites is 2. The first-order chi connectivity index (χ1) is 16.1. The van der Waals surface area contributed by atoms with E-state index in [1.807, 2.05) is 54.6 Å². The van der Waals surface area contributed by atoms with Crippen molar-refractivity contribution in [2.24, 2.45) is 0 Å². The zero-order valence-electron chi connectivity index (χ0n) is 19.4. The molecule has 5 heteroatoms. The summed E-state index contributed by atoms with van der Waals surface area (Å²) in [4.78, 5) is 17.1. The molecule has 0 fully saturated rings. The number of nitrogens with zero attached hydrogens (tertiary/aromatic N) is 2. The molecule has 0 aliphatic rings. The molecule has 0 unspecified atom stereocenters. The minimum absolute atomic E-state index is 0.0330. The Kier molecular flexibility index (Phi) is 7.40. The molecule has 170 valence electrons. The molecule has 0 atom stereocenters. The first-order valence-electron chi connectivity index (χ1n) is 11.5. The molecular weight excluding hydrogens is 410 g/mol. The van der Waals surface area contributed by atoms with Crippen LogP contribution >= 0.6 is 0 Å². The van der Waals surface area contributed by atoms with Crippen LogP contribution in [0.15, 0.2) is 72.8 Å². The Bertz CT molecular complexity index is 1210. The van der Waals surface area contributed by atoms with E-state index in [4.69, 9.17) is 9.72 Å². The molecule has 0 radical (unpaired) electrons. The fourth-order valence-corrected chi connectivity index (χ4v) is 3.94. The van der Waals surface area contributed by atoms with Gasteiger partial charge in [0, 0.05) is 19.5 Å². The molecule has 0 spiro atoms. The van der Waals surface area contributed by atoms with Gasteiger partial charge in [0.1, 0.15) is 11.6 Å². The van der Waals surface area contributed by atoms with Gasteiger partial charge in [-0.15, -0.1) is 0 Å². The number of rotatable bonds is 10. The van der Waals surface area contributed by atoms with Crippen molar-refractivity contribution in [1.82, 2.24) is 14.9 Å². The van der Waals surface area contributed by atoms with Crippen molar-refractivity contribution in [1.29, 1.82) is 0 Å². The molecule has 0 saturated carbocycles. The molecule has 0 aliphatic heterocycles. The van der Waals surface area contributed by atoms with Crippen molar-refractivity contribution in [2.45, 2.75) is 39.7 Å². The fraction of sp³-hybridized carbons (Fsp3) is 0.286. The number of carbonyl (C=O) groups excluding carboxylic acids is 1. The molecule has 1 amide bonds. The highest BCUT2D eigenvalue weighted by Crippen LogP contribution is 2.19. The Labute approximate surface area is 195 Å². The Morgan fingerprint density at radius 2 is 1.76 bits per heavy atom. The molecule has 33 heavy (non-hydrogen) atoms. The molecule has 4 aromatic rings. The third-order valence-corrected chi connectivity index (χ3v) is 5.89. The summed E-state index contributed by atoms with van der Waals surface area (Å²) in [6, 6.07) is 24.2. The molecule has 3 aromatic carbocycles. The number of hydrogen-bond donors (Lipinski definition) is 1. The van der Waals surface area contributed by atoms with Gasteiger partial charge in [0.2, 0.25) is 5.91 Å². The molecule has 5 nitrogen and oxygen atoms in total. The van der Waals surface area contributed by atoms with Gasteiger partial charge < -0.3 is 14.6 Å². The predicted molar refractivity (Wildman–Crippen MR) is 133 cm³/mol. The number of hydrogen-bond acceptors (Lipinski definition) is 3. The summed E-state index contributed by atoms with van der Waals surface area (Å²) in [6.07, 6.45) is 1.96. The summed E-state index contributed by atoms with van der Waals surface area (Å²) in [5, 5.41) is 3.03. The van der Waals surface area contributed by atoms with E-state index in [1.54, 1.807) is 0 Å². The quantitative estimate of drug-likeness (QED) is 0.352. The van der Waals surface area contributed by atoms with E-state index < -0.39 is 0 Å². The lowest BCUT2D eigenvalue weighted by Crippen LogP contribution is -2.28. The molecule has 0 bridgehead atoms. The van der Waals surface area contributed by atoms with Crippen LogP contribution in [-0.4, -0.2) is 28.6 Å². The number of carbonyl (C=O) groups is 1. The maximum atomic E-state index is 12.3. The van der Waals surface area contributed by atoms with Gasteiger partial charge in [-0.2, -0.15) is 0 Å². The maximum absolute atomic E-state index is 12.3. The Morgan fingerprint density at radius 1 is 0.970 bits per heavy atom. The van der Waals surface area contributed by atoms with Crippen LogP contribution in [-0.2, 0) is 24.2 Å². The normalized spacial score (nSPS) is 11.0. The van der Waals surface area contributed by atoms with E-state index in [9.17, 15) is 4.79 Å². The van der Waals surface area contributed by atoms with Crippen LogP contribution in [0.3, 0.4) is 0 Å². The van der Waals surface area contributed by atoms with Crippen LogP contribution in [0.2, 0.25) is 0 Å². The van der Waals surface area contributed by atoms with E-state index in [-0.39, 0.29) is 5.91 Å². The van der Waals surface area contributed by atoms with Gasteiger partial charge in [-0.1, -0.05) is 48.5 Å². The summed E-state index contributed by atoms with van der Waals surface area (Å²) < 4.78 is 8.22. The van der Waals surface area contributed by atoms with Crippen LogP contribution in [0.1, 0.15) is 28.9 Å². The molecule has 0 aliphatic carbocycles. The summed E-state index contributed by atoms with van der Waals surface area (Å²) in [7, 11) is 0. The average Bonchev–Trinajstić information content (AvgIpc) is 3.17. The highest BCUT2D eigenvalue weighted by Gasteiger charge is 2.11. The lowest BCUT2D eigenvalue weighted by molar-refractivity contribution is -0.120. The second-order valence-corrected chi connectivity index (χ2v) is 8.38. The number of benzene rings is 3. The highest BCUT2D eigenvalue weighted by atomic mass is 16.5. The molecule has 1 N–H and O–H groups in total. The zero-order chi connectivity index (χ0) is 23.0. The summed E-state index contributed by atoms with van der Waals surface area (Å²) in [6.45, 7) is 6.23. The molecule has 4 rings (SSSR count). The average molecular weight is 442 g/mol. The van der Waals surface area contributed by atoms with Crippen LogP contribution in [0.25, 0.3) is 11.0 Å². The number of imidazole rings is 1. The largest absolute Gasteiger partial charge is 0.494 e. The van der Waals surface area contributed by atoms with Crippen LogP contribution in [0.4, 0.5) is 0 Å². The van der Waals surface area contributed by atoms with E-state index >= 15 is 0 Å². The Morgan fingerprint density at radius 3 is 2.58 bits per heavy atom. The van der Waals surface area contributed by atoms with Crippen LogP contribution in [0.5, 0.6) is 5.75 Å². The SMILES string of the molecule is Cc1ccc(OCCCn2c(CCNC(=O)Cc3ccccc3)nc3ccccc32)cc1C. The minimum atomic E-state index is 0.0330. The standard InChI is InChI=1S/C28H31N3O2/c1-21-13-14-24(19-22(21)2)33-18-8-17-31-26-12-7-6-11-25(26)30-27(31)15-16-29-28(32)20-23-9-4-3-5-10-23/h3-7,9-14,19H,8,15-18,20H2,1-2H3,(H,29,32). The Balaban J connectivity index is 1.34. The minimum Gasteiger partial charge on any atom is -0.494 e. The van der Waals surface area contributed by atoms with Gasteiger partial charge in [0.05, 0.1) is 24.1 Å². The monoisotopic (exact) mass is 441 g/mol. The number of fused-ring (bicyclic) bond motifs is 1. The van der Waals surface area contributed by atoms with E-state index in [1.165, 1.54) is 11.1 Å². The van der Waals surface area contributed by atoms with Gasteiger partial charge in [0.15, 0.2) is 0 Å². The van der Waals surface area contributed by atoms with Gasteiger partial charge in [-0.05, 0) is 61.2 Å². The zero-order valence-corrected chi connectivity index (χ0v) is 19.4. The van der Waals surface area contributed by atoms with Crippen LogP contribution < -0.4 is 10.1 Å². The van der Waals surface area contributed by atoms with Gasteiger partial charge in [0.25, 0.3) is 0 Å². The summed E-state index contributed by atoms with van der Waals surface area (Å²) >= 11 is 0. The van der Waals surface area contributed by atoms with Crippen molar-refractivity contribution in [3.63, 3.8) is 0 Å².